The largest absolute Gasteiger partial charge is 0.467 e. The number of hydrogen-bond acceptors (Lipinski definition) is 7. The Hall–Kier alpha value is -3.78. The van der Waals surface area contributed by atoms with Crippen molar-refractivity contribution in [2.45, 2.75) is 19.4 Å². The number of amides is 1. The Labute approximate surface area is 181 Å². The van der Waals surface area contributed by atoms with Crippen LogP contribution < -0.4 is 5.32 Å². The summed E-state index contributed by atoms with van der Waals surface area (Å²) in [7, 11) is 0. The molecular weight excluding hydrogens is 412 g/mol. The third kappa shape index (κ3) is 4.54. The van der Waals surface area contributed by atoms with E-state index in [1.54, 1.807) is 29.7 Å². The lowest BCUT2D eigenvalue weighted by atomic mass is 10.1. The van der Waals surface area contributed by atoms with Crippen molar-refractivity contribution in [1.82, 2.24) is 20.5 Å². The molecule has 154 valence electrons. The molecule has 0 bridgehead atoms. The summed E-state index contributed by atoms with van der Waals surface area (Å²) in [5, 5.41) is 11.7. The van der Waals surface area contributed by atoms with Gasteiger partial charge in [0.15, 0.2) is 0 Å². The number of nitrogens with one attached hydrogen (secondary N) is 1. The minimum Gasteiger partial charge on any atom is -0.467 e. The van der Waals surface area contributed by atoms with Gasteiger partial charge in [-0.05, 0) is 35.4 Å². The summed E-state index contributed by atoms with van der Waals surface area (Å²) in [6.45, 7) is 0.323. The second kappa shape index (κ2) is 8.53. The van der Waals surface area contributed by atoms with Crippen LogP contribution in [0.2, 0.25) is 0 Å². The smallest absolute Gasteiger partial charge is 0.229 e. The highest BCUT2D eigenvalue weighted by molar-refractivity contribution is 7.18. The van der Waals surface area contributed by atoms with Crippen molar-refractivity contribution in [3.8, 4) is 11.1 Å². The fourth-order valence-electron chi connectivity index (χ4n) is 3.22. The number of aromatic nitrogens is 3. The molecule has 1 N–H and O–H groups in total. The fourth-order valence-corrected chi connectivity index (χ4v) is 4.22. The van der Waals surface area contributed by atoms with Crippen LogP contribution in [0.4, 0.5) is 0 Å². The van der Waals surface area contributed by atoms with Gasteiger partial charge in [-0.2, -0.15) is 0 Å². The summed E-state index contributed by atoms with van der Waals surface area (Å²) < 4.78 is 11.9. The van der Waals surface area contributed by atoms with Crippen LogP contribution in [-0.2, 0) is 24.2 Å². The highest BCUT2D eigenvalue weighted by Crippen LogP contribution is 2.29. The average molecular weight is 430 g/mol. The SMILES string of the molecule is O=C(Cc1nnc(Cc2nc3ccc(-c4ccccc4)cc3s2)o1)NCc1ccco1. The van der Waals surface area contributed by atoms with Gasteiger partial charge < -0.3 is 14.2 Å². The van der Waals surface area contributed by atoms with Crippen LogP contribution in [0, 0.1) is 0 Å². The molecule has 5 rings (SSSR count). The molecule has 0 aliphatic carbocycles. The van der Waals surface area contributed by atoms with Gasteiger partial charge in [0, 0.05) is 0 Å². The number of nitrogens with zero attached hydrogens (tertiary/aromatic N) is 3. The van der Waals surface area contributed by atoms with E-state index in [2.05, 4.69) is 44.8 Å². The third-order valence-corrected chi connectivity index (χ3v) is 5.72. The quantitative estimate of drug-likeness (QED) is 0.412. The monoisotopic (exact) mass is 430 g/mol. The minimum atomic E-state index is -0.208. The summed E-state index contributed by atoms with van der Waals surface area (Å²) in [5.74, 6) is 1.20. The second-order valence-corrected chi connectivity index (χ2v) is 8.07. The molecule has 0 aliphatic rings. The number of fused-ring (bicyclic) bond motifs is 1. The second-order valence-electron chi connectivity index (χ2n) is 6.96. The molecule has 0 fully saturated rings. The van der Waals surface area contributed by atoms with Crippen LogP contribution in [0.5, 0.6) is 0 Å². The number of furan rings is 1. The van der Waals surface area contributed by atoms with Crippen LogP contribution in [0.3, 0.4) is 0 Å². The molecule has 3 heterocycles. The zero-order valence-corrected chi connectivity index (χ0v) is 17.3. The van der Waals surface area contributed by atoms with Crippen molar-refractivity contribution in [2.24, 2.45) is 0 Å². The first-order valence-electron chi connectivity index (χ1n) is 9.78. The molecule has 0 radical (unpaired) electrons. The number of benzene rings is 2. The van der Waals surface area contributed by atoms with Gasteiger partial charge in [0.1, 0.15) is 17.2 Å². The summed E-state index contributed by atoms with van der Waals surface area (Å²) >= 11 is 1.60. The first kappa shape index (κ1) is 19.2. The normalized spacial score (nSPS) is 11.1. The first-order chi connectivity index (χ1) is 15.2. The molecule has 3 aromatic heterocycles. The topological polar surface area (TPSA) is 94.0 Å². The van der Waals surface area contributed by atoms with Gasteiger partial charge in [-0.25, -0.2) is 4.98 Å². The van der Waals surface area contributed by atoms with Crippen LogP contribution in [-0.4, -0.2) is 21.1 Å². The molecular formula is C23H18N4O3S. The van der Waals surface area contributed by atoms with Gasteiger partial charge in [0.05, 0.1) is 29.4 Å². The molecule has 0 saturated carbocycles. The van der Waals surface area contributed by atoms with Gasteiger partial charge >= 0.3 is 0 Å². The molecule has 8 heteroatoms. The molecule has 2 aromatic carbocycles. The van der Waals surface area contributed by atoms with Crippen molar-refractivity contribution in [3.05, 3.63) is 89.5 Å². The van der Waals surface area contributed by atoms with Crippen molar-refractivity contribution >= 4 is 27.5 Å². The van der Waals surface area contributed by atoms with Gasteiger partial charge in [-0.1, -0.05) is 36.4 Å². The third-order valence-electron chi connectivity index (χ3n) is 4.70. The average Bonchev–Trinajstić information content (AvgIpc) is 3.54. The van der Waals surface area contributed by atoms with E-state index in [-0.39, 0.29) is 18.2 Å². The Morgan fingerprint density at radius 3 is 2.68 bits per heavy atom. The molecule has 0 spiro atoms. The van der Waals surface area contributed by atoms with Crippen molar-refractivity contribution < 1.29 is 13.6 Å². The van der Waals surface area contributed by atoms with Crippen LogP contribution in [0.1, 0.15) is 22.5 Å². The zero-order chi connectivity index (χ0) is 21.0. The Balaban J connectivity index is 1.24. The predicted molar refractivity (Wildman–Crippen MR) is 116 cm³/mol. The van der Waals surface area contributed by atoms with Crippen LogP contribution >= 0.6 is 11.3 Å². The number of rotatable bonds is 7. The molecule has 1 amide bonds. The summed E-state index contributed by atoms with van der Waals surface area (Å²) in [5.41, 5.74) is 3.27. The predicted octanol–water partition coefficient (Wildman–Crippen LogP) is 4.39. The molecule has 7 nitrogen and oxygen atoms in total. The summed E-state index contributed by atoms with van der Waals surface area (Å²) in [6.07, 6.45) is 2.02. The van der Waals surface area contributed by atoms with E-state index >= 15 is 0 Å². The fraction of sp³-hybridized carbons (Fsp3) is 0.130. The van der Waals surface area contributed by atoms with Gasteiger partial charge in [0.25, 0.3) is 0 Å². The van der Waals surface area contributed by atoms with E-state index in [1.165, 1.54) is 5.56 Å². The van der Waals surface area contributed by atoms with Crippen molar-refractivity contribution in [2.75, 3.05) is 0 Å². The maximum Gasteiger partial charge on any atom is 0.229 e. The van der Waals surface area contributed by atoms with E-state index in [0.29, 0.717) is 24.6 Å². The molecule has 0 saturated heterocycles. The van der Waals surface area contributed by atoms with E-state index in [4.69, 9.17) is 8.83 Å². The Morgan fingerprint density at radius 2 is 1.84 bits per heavy atom. The first-order valence-corrected chi connectivity index (χ1v) is 10.6. The summed E-state index contributed by atoms with van der Waals surface area (Å²) in [4.78, 5) is 16.7. The van der Waals surface area contributed by atoms with Crippen molar-refractivity contribution in [1.29, 1.82) is 0 Å². The Kier molecular flexibility index (Phi) is 5.28. The van der Waals surface area contributed by atoms with Crippen molar-refractivity contribution in [3.63, 3.8) is 0 Å². The molecule has 0 aliphatic heterocycles. The zero-order valence-electron chi connectivity index (χ0n) is 16.4. The van der Waals surface area contributed by atoms with Gasteiger partial charge in [-0.3, -0.25) is 4.79 Å². The van der Waals surface area contributed by atoms with E-state index in [9.17, 15) is 4.79 Å². The van der Waals surface area contributed by atoms with Crippen LogP contribution in [0.25, 0.3) is 21.3 Å². The molecule has 5 aromatic rings. The Morgan fingerprint density at radius 1 is 0.968 bits per heavy atom. The van der Waals surface area contributed by atoms with Gasteiger partial charge in [0.2, 0.25) is 17.7 Å². The van der Waals surface area contributed by atoms with E-state index < -0.39 is 0 Å². The standard InChI is InChI=1S/C23H18N4O3S/c28-20(24-14-17-7-4-10-29-17)12-21-26-27-22(30-21)13-23-25-18-9-8-16(11-19(18)31-23)15-5-2-1-3-6-15/h1-11H,12-14H2,(H,24,28). The van der Waals surface area contributed by atoms with Crippen LogP contribution in [0.15, 0.2) is 75.8 Å². The number of hydrogen-bond donors (Lipinski definition) is 1. The summed E-state index contributed by atoms with van der Waals surface area (Å²) in [6, 6.07) is 20.1. The lowest BCUT2D eigenvalue weighted by molar-refractivity contribution is -0.121. The number of carbonyl (C=O) groups excluding carboxylic acids is 1. The number of thiazole rings is 1. The lowest BCUT2D eigenvalue weighted by Gasteiger charge is -2.00. The maximum atomic E-state index is 12.1. The van der Waals surface area contributed by atoms with E-state index in [0.717, 1.165) is 20.8 Å². The number of carbonyl (C=O) groups is 1. The van der Waals surface area contributed by atoms with E-state index in [1.807, 2.05) is 24.3 Å². The minimum absolute atomic E-state index is 0.0218. The molecule has 31 heavy (non-hydrogen) atoms. The van der Waals surface area contributed by atoms with Gasteiger partial charge in [-0.15, -0.1) is 21.5 Å². The molecule has 0 atom stereocenters. The maximum absolute atomic E-state index is 12.1. The lowest BCUT2D eigenvalue weighted by Crippen LogP contribution is -2.24. The highest BCUT2D eigenvalue weighted by Gasteiger charge is 2.14. The highest BCUT2D eigenvalue weighted by atomic mass is 32.1. The Bertz CT molecular complexity index is 1310. The molecule has 0 unspecified atom stereocenters.